The zero-order valence-electron chi connectivity index (χ0n) is 42.3. The number of hydrogen-bond acceptors (Lipinski definition) is 7. The molecule has 6 aliphatic carbocycles. The fourth-order valence-corrected chi connectivity index (χ4v) is 13.7. The number of amides is 3. The molecule has 0 heterocycles. The molecule has 10 nitrogen and oxygen atoms in total. The van der Waals surface area contributed by atoms with Gasteiger partial charge in [-0.15, -0.1) is 0 Å². The van der Waals surface area contributed by atoms with Gasteiger partial charge in [0.2, 0.25) is 5.91 Å². The van der Waals surface area contributed by atoms with Crippen LogP contribution in [0.3, 0.4) is 0 Å². The minimum Gasteiger partial charge on any atom is -0.462 e. The summed E-state index contributed by atoms with van der Waals surface area (Å²) in [5.74, 6) is 5.64. The van der Waals surface area contributed by atoms with Crippen LogP contribution < -0.4 is 10.6 Å². The van der Waals surface area contributed by atoms with E-state index in [1.807, 2.05) is 46.4 Å². The first-order valence-electron chi connectivity index (χ1n) is 26.2. The van der Waals surface area contributed by atoms with E-state index in [1.54, 1.807) is 5.57 Å². The van der Waals surface area contributed by atoms with Crippen molar-refractivity contribution in [1.82, 2.24) is 15.5 Å². The van der Waals surface area contributed by atoms with Crippen molar-refractivity contribution in [2.45, 2.75) is 234 Å². The molecule has 0 aromatic rings. The molecule has 8 unspecified atom stereocenters. The number of rotatable bonds is 18. The molecule has 64 heavy (non-hydrogen) atoms. The third-order valence-electron chi connectivity index (χ3n) is 17.2. The molecule has 0 bridgehead atoms. The van der Waals surface area contributed by atoms with Crippen LogP contribution in [0.5, 0.6) is 0 Å². The van der Waals surface area contributed by atoms with Crippen molar-refractivity contribution < 1.29 is 33.4 Å². The lowest BCUT2D eigenvalue weighted by Crippen LogP contribution is -2.51. The molecular formula is C54H91N3O7. The average Bonchev–Trinajstić information content (AvgIpc) is 3.51. The van der Waals surface area contributed by atoms with Crippen LogP contribution in [-0.4, -0.2) is 71.4 Å². The number of esters is 1. The molecular weight excluding hydrogens is 803 g/mol. The van der Waals surface area contributed by atoms with Gasteiger partial charge in [-0.3, -0.25) is 9.59 Å². The average molecular weight is 894 g/mol. The van der Waals surface area contributed by atoms with E-state index in [9.17, 15) is 19.2 Å². The van der Waals surface area contributed by atoms with Crippen molar-refractivity contribution in [2.75, 3.05) is 13.1 Å². The molecule has 0 aliphatic heterocycles. The summed E-state index contributed by atoms with van der Waals surface area (Å²) in [5, 5.41) is 5.97. The number of ether oxygens (including phenoxy) is 3. The topological polar surface area (TPSA) is 123 Å². The highest BCUT2D eigenvalue weighted by atomic mass is 16.6. The molecule has 0 spiro atoms. The molecule has 0 radical (unpaired) electrons. The quantitative estimate of drug-likeness (QED) is 0.0798. The summed E-state index contributed by atoms with van der Waals surface area (Å²) in [6.45, 7) is 25.0. The molecule has 0 aromatic carbocycles. The van der Waals surface area contributed by atoms with E-state index in [2.05, 4.69) is 51.3 Å². The molecule has 5 saturated carbocycles. The minimum atomic E-state index is -0.532. The predicted molar refractivity (Wildman–Crippen MR) is 254 cm³/mol. The van der Waals surface area contributed by atoms with Gasteiger partial charge in [0.25, 0.3) is 0 Å². The van der Waals surface area contributed by atoms with E-state index >= 15 is 0 Å². The monoisotopic (exact) mass is 894 g/mol. The van der Waals surface area contributed by atoms with Crippen LogP contribution in [0, 0.1) is 58.2 Å². The summed E-state index contributed by atoms with van der Waals surface area (Å²) < 4.78 is 17.1. The van der Waals surface area contributed by atoms with Gasteiger partial charge in [-0.1, -0.05) is 65.5 Å². The van der Waals surface area contributed by atoms with Gasteiger partial charge in [0.15, 0.2) is 0 Å². The Morgan fingerprint density at radius 1 is 0.750 bits per heavy atom. The lowest BCUT2D eigenvalue weighted by molar-refractivity contribution is -0.151. The van der Waals surface area contributed by atoms with Crippen LogP contribution in [0.4, 0.5) is 9.59 Å². The highest BCUT2D eigenvalue weighted by Crippen LogP contribution is 2.67. The van der Waals surface area contributed by atoms with Crippen LogP contribution in [0.25, 0.3) is 0 Å². The molecule has 0 aromatic heterocycles. The molecule has 6 aliphatic rings. The van der Waals surface area contributed by atoms with Gasteiger partial charge in [-0.2, -0.15) is 0 Å². The highest BCUT2D eigenvalue weighted by molar-refractivity contribution is 5.77. The maximum Gasteiger partial charge on any atom is 0.407 e. The summed E-state index contributed by atoms with van der Waals surface area (Å²) in [6.07, 6.45) is 21.8. The Balaban J connectivity index is 0.947. The summed E-state index contributed by atoms with van der Waals surface area (Å²) in [6, 6.07) is 0.204. The molecule has 6 rings (SSSR count). The highest BCUT2D eigenvalue weighted by Gasteiger charge is 2.59. The number of nitrogens with zero attached hydrogens (tertiary/aromatic N) is 1. The standard InChI is InChI=1S/C54H91N3O7/c1-35(2)14-12-15-36(3)44-20-21-45-43-19-18-39-34-42(22-26-53(39,10)46(43)23-27-54(44,45)11)62-48(59)17-13-16-47(58)57(28-24-37-30-40(31-37)55-49(60)63-51(4,5)6)29-25-38-32-41(33-38)56-50(61)64-52(7,8)9/h18,35-38,40-46H,12-17,19-34H2,1-11H3,(H,55,60)(H,56,61). The molecule has 2 N–H and O–H groups in total. The van der Waals surface area contributed by atoms with Gasteiger partial charge >= 0.3 is 18.2 Å². The summed E-state index contributed by atoms with van der Waals surface area (Å²) in [4.78, 5) is 53.6. The Hall–Kier alpha value is -2.78. The Labute approximate surface area is 388 Å². The van der Waals surface area contributed by atoms with Gasteiger partial charge in [-0.25, -0.2) is 9.59 Å². The van der Waals surface area contributed by atoms with Crippen LogP contribution in [-0.2, 0) is 23.8 Å². The van der Waals surface area contributed by atoms with Crippen LogP contribution in [0.15, 0.2) is 11.6 Å². The molecule has 364 valence electrons. The normalized spacial score (nSPS) is 33.8. The third-order valence-corrected chi connectivity index (χ3v) is 17.2. The van der Waals surface area contributed by atoms with Gasteiger partial charge in [0.1, 0.15) is 17.3 Å². The van der Waals surface area contributed by atoms with Gasteiger partial charge in [0, 0.05) is 44.4 Å². The van der Waals surface area contributed by atoms with E-state index in [4.69, 9.17) is 14.2 Å². The van der Waals surface area contributed by atoms with Gasteiger partial charge < -0.3 is 29.7 Å². The van der Waals surface area contributed by atoms with Crippen LogP contribution in [0.2, 0.25) is 0 Å². The Morgan fingerprint density at radius 2 is 1.34 bits per heavy atom. The fraction of sp³-hybridized carbons (Fsp3) is 0.889. The van der Waals surface area contributed by atoms with Crippen molar-refractivity contribution in [3.05, 3.63) is 11.6 Å². The smallest absolute Gasteiger partial charge is 0.407 e. The van der Waals surface area contributed by atoms with Crippen molar-refractivity contribution in [3.63, 3.8) is 0 Å². The Kier molecular flexibility index (Phi) is 16.6. The molecule has 10 heteroatoms. The van der Waals surface area contributed by atoms with Crippen molar-refractivity contribution in [2.24, 2.45) is 58.2 Å². The first-order valence-corrected chi connectivity index (χ1v) is 26.2. The number of alkyl carbamates (subject to hydrolysis) is 2. The van der Waals surface area contributed by atoms with Crippen molar-refractivity contribution >= 4 is 24.1 Å². The summed E-state index contributed by atoms with van der Waals surface area (Å²) in [7, 11) is 0. The second-order valence-electron chi connectivity index (χ2n) is 24.8. The number of hydrogen-bond donors (Lipinski definition) is 2. The number of carbonyl (C=O) groups excluding carboxylic acids is 4. The number of fused-ring (bicyclic) bond motifs is 5. The first-order chi connectivity index (χ1) is 30.0. The van der Waals surface area contributed by atoms with Crippen LogP contribution in [0.1, 0.15) is 205 Å². The maximum absolute atomic E-state index is 13.8. The van der Waals surface area contributed by atoms with E-state index in [1.165, 1.54) is 51.4 Å². The number of nitrogens with one attached hydrogen (secondary N) is 2. The third kappa shape index (κ3) is 13.2. The first kappa shape index (κ1) is 50.6. The largest absolute Gasteiger partial charge is 0.462 e. The molecule has 5 fully saturated rings. The van der Waals surface area contributed by atoms with Gasteiger partial charge in [-0.05, 0) is 190 Å². The Bertz CT molecular complexity index is 1580. The summed E-state index contributed by atoms with van der Waals surface area (Å²) >= 11 is 0. The predicted octanol–water partition coefficient (Wildman–Crippen LogP) is 12.3. The van der Waals surface area contributed by atoms with E-state index in [-0.39, 0.29) is 54.1 Å². The zero-order valence-corrected chi connectivity index (χ0v) is 42.3. The summed E-state index contributed by atoms with van der Waals surface area (Å²) in [5.41, 5.74) is 1.18. The minimum absolute atomic E-state index is 0.0702. The van der Waals surface area contributed by atoms with E-state index in [0.717, 1.165) is 93.3 Å². The van der Waals surface area contributed by atoms with E-state index in [0.29, 0.717) is 43.2 Å². The van der Waals surface area contributed by atoms with Gasteiger partial charge in [0.05, 0.1) is 0 Å². The van der Waals surface area contributed by atoms with Crippen LogP contribution >= 0.6 is 0 Å². The molecule has 8 atom stereocenters. The maximum atomic E-state index is 13.8. The SMILES string of the molecule is CC(C)CCCC(C)C1CCC2C3CC=C4CC(OC(=O)CCCC(=O)N(CCC5CC(NC(=O)OC(C)(C)C)C5)CCC5CC(NC(=O)OC(C)(C)C)C5)CCC4(C)C3CCC12C. The lowest BCUT2D eigenvalue weighted by Gasteiger charge is -2.58. The van der Waals surface area contributed by atoms with Crippen molar-refractivity contribution in [3.8, 4) is 0 Å². The number of carbonyl (C=O) groups is 4. The number of allylic oxidation sites excluding steroid dienone is 1. The molecule has 3 amide bonds. The fourth-order valence-electron chi connectivity index (χ4n) is 13.7. The van der Waals surface area contributed by atoms with Crippen molar-refractivity contribution in [1.29, 1.82) is 0 Å². The lowest BCUT2D eigenvalue weighted by atomic mass is 9.47. The zero-order chi connectivity index (χ0) is 46.6. The molecule has 0 saturated heterocycles. The second-order valence-corrected chi connectivity index (χ2v) is 24.8. The van der Waals surface area contributed by atoms with E-state index < -0.39 is 11.2 Å². The second kappa shape index (κ2) is 21.0. The Morgan fingerprint density at radius 3 is 1.91 bits per heavy atom.